The van der Waals surface area contributed by atoms with Crippen molar-refractivity contribution in [1.29, 1.82) is 0 Å². The van der Waals surface area contributed by atoms with E-state index in [0.29, 0.717) is 11.4 Å². The second-order valence-electron chi connectivity index (χ2n) is 3.50. The topological polar surface area (TPSA) is 67.5 Å². The Morgan fingerprint density at radius 1 is 1.44 bits per heavy atom. The van der Waals surface area contributed by atoms with Gasteiger partial charge in [0.15, 0.2) is 0 Å². The van der Waals surface area contributed by atoms with E-state index in [0.717, 1.165) is 3.58 Å². The van der Waals surface area contributed by atoms with Crippen LogP contribution in [0, 0.1) is 0 Å². The van der Waals surface area contributed by atoms with E-state index in [1.54, 1.807) is 36.4 Å². The molecule has 0 fully saturated rings. The summed E-state index contributed by atoms with van der Waals surface area (Å²) in [6, 6.07) is 7.05. The molecule has 0 heterocycles. The molecule has 3 N–H and O–H groups in total. The molecule has 0 unspecified atom stereocenters. The lowest BCUT2D eigenvalue weighted by Crippen LogP contribution is -2.14. The average molecular weight is 355 g/mol. The smallest absolute Gasteiger partial charge is 0.274 e. The number of para-hydroxylation sites is 2. The number of halogens is 1. The van der Waals surface area contributed by atoms with Crippen LogP contribution in [0.2, 0.25) is 0 Å². The summed E-state index contributed by atoms with van der Waals surface area (Å²) in [5.41, 5.74) is 7.06. The minimum absolute atomic E-state index is 0.245. The van der Waals surface area contributed by atoms with Gasteiger partial charge < -0.3 is 11.1 Å². The molecule has 1 aromatic rings. The van der Waals surface area contributed by atoms with Gasteiger partial charge in [0.1, 0.15) is 5.70 Å². The summed E-state index contributed by atoms with van der Waals surface area (Å²) in [4.78, 5) is 15.6. The normalized spacial score (nSPS) is 12.1. The molecule has 0 bridgehead atoms. The number of allylic oxidation sites excluding steroid dienone is 3. The van der Waals surface area contributed by atoms with E-state index in [1.165, 1.54) is 0 Å². The molecular weight excluding hydrogens is 341 g/mol. The van der Waals surface area contributed by atoms with Crippen LogP contribution in [0.3, 0.4) is 0 Å². The molecule has 0 aromatic heterocycles. The van der Waals surface area contributed by atoms with Crippen LogP contribution in [0.4, 0.5) is 11.4 Å². The van der Waals surface area contributed by atoms with Crippen LogP contribution in [-0.4, -0.2) is 12.6 Å². The summed E-state index contributed by atoms with van der Waals surface area (Å²) in [6.45, 7) is 5.30. The Labute approximate surface area is 120 Å². The number of amides is 1. The van der Waals surface area contributed by atoms with Crippen molar-refractivity contribution in [1.82, 2.24) is 0 Å². The number of nitrogens with zero attached hydrogens (tertiary/aromatic N) is 1. The number of nitrogens with two attached hydrogens (primary N) is 1. The molecule has 5 heteroatoms. The average Bonchev–Trinajstić information content (AvgIpc) is 2.32. The highest BCUT2D eigenvalue weighted by atomic mass is 127. The number of hydrogen-bond donors (Lipinski definition) is 2. The van der Waals surface area contributed by atoms with Gasteiger partial charge in [0.2, 0.25) is 0 Å². The lowest BCUT2D eigenvalue weighted by Gasteiger charge is -2.07. The molecule has 18 heavy (non-hydrogen) atoms. The van der Waals surface area contributed by atoms with Gasteiger partial charge in [-0.15, -0.1) is 0 Å². The number of aliphatic imine (C=N–C) groups is 1. The number of rotatable bonds is 4. The third-order valence-corrected chi connectivity index (χ3v) is 2.44. The van der Waals surface area contributed by atoms with E-state index in [-0.39, 0.29) is 11.6 Å². The molecule has 94 valence electrons. The van der Waals surface area contributed by atoms with Crippen LogP contribution in [0.15, 0.2) is 50.7 Å². The van der Waals surface area contributed by atoms with Crippen LogP contribution >= 0.6 is 22.6 Å². The number of benzene rings is 1. The summed E-state index contributed by atoms with van der Waals surface area (Å²) in [6.07, 6.45) is 3.40. The van der Waals surface area contributed by atoms with Crippen LogP contribution in [0.1, 0.15) is 6.92 Å². The number of hydrogen-bond acceptors (Lipinski definition) is 3. The fraction of sp³-hybridized carbons (Fsp3) is 0.0769. The molecule has 1 aromatic carbocycles. The maximum Gasteiger partial charge on any atom is 0.274 e. The van der Waals surface area contributed by atoms with Crippen molar-refractivity contribution in [3.05, 3.63) is 45.7 Å². The molecular formula is C13H14IN3O. The van der Waals surface area contributed by atoms with Crippen molar-refractivity contribution >= 4 is 46.6 Å². The molecule has 0 atom stereocenters. The highest BCUT2D eigenvalue weighted by Crippen LogP contribution is 2.17. The molecule has 4 nitrogen and oxygen atoms in total. The first-order valence-corrected chi connectivity index (χ1v) is 6.29. The van der Waals surface area contributed by atoms with Crippen molar-refractivity contribution in [2.45, 2.75) is 6.92 Å². The maximum atomic E-state index is 11.9. The van der Waals surface area contributed by atoms with Gasteiger partial charge in [-0.1, -0.05) is 18.2 Å². The lowest BCUT2D eigenvalue weighted by molar-refractivity contribution is -0.112. The quantitative estimate of drug-likeness (QED) is 0.287. The van der Waals surface area contributed by atoms with Gasteiger partial charge in [-0.05, 0) is 58.0 Å². The molecule has 0 spiro atoms. The van der Waals surface area contributed by atoms with Crippen molar-refractivity contribution < 1.29 is 4.79 Å². The minimum Gasteiger partial charge on any atom is -0.397 e. The summed E-state index contributed by atoms with van der Waals surface area (Å²) in [7, 11) is 0. The lowest BCUT2D eigenvalue weighted by atomic mass is 10.2. The van der Waals surface area contributed by atoms with Crippen LogP contribution < -0.4 is 11.1 Å². The maximum absolute atomic E-state index is 11.9. The first kappa shape index (κ1) is 14.4. The van der Waals surface area contributed by atoms with E-state index < -0.39 is 0 Å². The zero-order valence-electron chi connectivity index (χ0n) is 9.98. The van der Waals surface area contributed by atoms with Gasteiger partial charge in [-0.25, -0.2) is 0 Å². The van der Waals surface area contributed by atoms with Gasteiger partial charge in [0, 0.05) is 0 Å². The largest absolute Gasteiger partial charge is 0.397 e. The minimum atomic E-state index is -0.336. The van der Waals surface area contributed by atoms with Gasteiger partial charge in [0.05, 0.1) is 11.4 Å². The fourth-order valence-corrected chi connectivity index (χ4v) is 1.37. The van der Waals surface area contributed by atoms with Crippen molar-refractivity contribution in [3.63, 3.8) is 0 Å². The predicted molar refractivity (Wildman–Crippen MR) is 84.9 cm³/mol. The number of nitrogen functional groups attached to an aromatic ring is 1. The van der Waals surface area contributed by atoms with Gasteiger partial charge in [0.25, 0.3) is 5.91 Å². The van der Waals surface area contributed by atoms with Gasteiger partial charge in [-0.2, -0.15) is 0 Å². The Morgan fingerprint density at radius 3 is 2.67 bits per heavy atom. The molecule has 0 aliphatic carbocycles. The number of carbonyl (C=O) groups is 1. The van der Waals surface area contributed by atoms with Crippen LogP contribution in [-0.2, 0) is 4.79 Å². The van der Waals surface area contributed by atoms with E-state index >= 15 is 0 Å². The summed E-state index contributed by atoms with van der Waals surface area (Å²) >= 11 is 2.15. The standard InChI is InChI=1S/C13H14IN3O/c1-9(14)7-8-12(16-2)13(18)17-11-6-4-3-5-10(11)15/h3-8H,2,15H2,1H3,(H,17,18)/b9-7+,12-8-. The van der Waals surface area contributed by atoms with Crippen LogP contribution in [0.5, 0.6) is 0 Å². The number of nitrogens with one attached hydrogen (secondary N) is 1. The molecule has 0 saturated heterocycles. The zero-order chi connectivity index (χ0) is 13.5. The monoisotopic (exact) mass is 355 g/mol. The van der Waals surface area contributed by atoms with E-state index in [2.05, 4.69) is 39.6 Å². The van der Waals surface area contributed by atoms with E-state index in [9.17, 15) is 4.79 Å². The van der Waals surface area contributed by atoms with E-state index in [1.807, 2.05) is 6.92 Å². The second kappa shape index (κ2) is 6.95. The number of anilines is 2. The van der Waals surface area contributed by atoms with E-state index in [4.69, 9.17) is 5.73 Å². The molecule has 1 amide bonds. The highest BCUT2D eigenvalue weighted by molar-refractivity contribution is 14.1. The summed E-state index contributed by atoms with van der Waals surface area (Å²) in [5, 5.41) is 2.69. The molecule has 0 radical (unpaired) electrons. The SMILES string of the molecule is C=N/C(=C\C=C(/C)I)C(=O)Nc1ccccc1N. The summed E-state index contributed by atoms with van der Waals surface area (Å²) < 4.78 is 1.04. The van der Waals surface area contributed by atoms with Crippen molar-refractivity contribution in [2.24, 2.45) is 4.99 Å². The Balaban J connectivity index is 2.88. The fourth-order valence-electron chi connectivity index (χ4n) is 1.19. The first-order valence-electron chi connectivity index (χ1n) is 5.21. The molecule has 0 aliphatic rings. The Bertz CT molecular complexity index is 517. The second-order valence-corrected chi connectivity index (χ2v) is 5.21. The third kappa shape index (κ3) is 4.33. The Hall–Kier alpha value is -1.63. The van der Waals surface area contributed by atoms with Crippen molar-refractivity contribution in [2.75, 3.05) is 11.1 Å². The van der Waals surface area contributed by atoms with Crippen LogP contribution in [0.25, 0.3) is 0 Å². The summed E-state index contributed by atoms with van der Waals surface area (Å²) in [5.74, 6) is -0.336. The third-order valence-electron chi connectivity index (χ3n) is 2.08. The molecule has 1 rings (SSSR count). The zero-order valence-corrected chi connectivity index (χ0v) is 12.1. The van der Waals surface area contributed by atoms with Gasteiger partial charge >= 0.3 is 0 Å². The highest BCUT2D eigenvalue weighted by Gasteiger charge is 2.08. The first-order chi connectivity index (χ1) is 8.54. The predicted octanol–water partition coefficient (Wildman–Crippen LogP) is 3.13. The molecule has 0 saturated carbocycles. The Morgan fingerprint density at radius 2 is 2.11 bits per heavy atom. The number of carbonyl (C=O) groups excluding carboxylic acids is 1. The van der Waals surface area contributed by atoms with Gasteiger partial charge in [-0.3, -0.25) is 9.79 Å². The molecule has 0 aliphatic heterocycles. The van der Waals surface area contributed by atoms with Crippen molar-refractivity contribution in [3.8, 4) is 0 Å². The Kier molecular flexibility index (Phi) is 5.57.